The lowest BCUT2D eigenvalue weighted by Gasteiger charge is -2.12. The summed E-state index contributed by atoms with van der Waals surface area (Å²) in [6.45, 7) is 1.77. The topological polar surface area (TPSA) is 94.1 Å². The number of nitrogens with zero attached hydrogens (tertiary/aromatic N) is 3. The van der Waals surface area contributed by atoms with E-state index in [1.807, 2.05) is 20.2 Å². The number of carbonyl (C=O) groups is 1. The molecule has 0 atom stereocenters. The van der Waals surface area contributed by atoms with Gasteiger partial charge >= 0.3 is 5.97 Å². The molecule has 3 aromatic heterocycles. The van der Waals surface area contributed by atoms with Crippen LogP contribution in [-0.2, 0) is 0 Å². The van der Waals surface area contributed by atoms with E-state index in [9.17, 15) is 4.79 Å². The van der Waals surface area contributed by atoms with Crippen molar-refractivity contribution >= 4 is 33.6 Å². The zero-order chi connectivity index (χ0) is 16.4. The van der Waals surface area contributed by atoms with Gasteiger partial charge in [-0.2, -0.15) is 0 Å². The first-order valence-electron chi connectivity index (χ1n) is 7.44. The largest absolute Gasteiger partial charge is 0.477 e. The van der Waals surface area contributed by atoms with E-state index < -0.39 is 5.97 Å². The van der Waals surface area contributed by atoms with E-state index in [0.717, 1.165) is 41.6 Å². The van der Waals surface area contributed by atoms with E-state index >= 15 is 0 Å². The van der Waals surface area contributed by atoms with E-state index in [-0.39, 0.29) is 5.69 Å². The molecule has 0 radical (unpaired) electrons. The Balaban J connectivity index is 2.00. The van der Waals surface area contributed by atoms with Crippen molar-refractivity contribution in [1.29, 1.82) is 0 Å². The second-order valence-corrected chi connectivity index (χ2v) is 5.71. The van der Waals surface area contributed by atoms with Crippen LogP contribution in [0.5, 0.6) is 0 Å². The zero-order valence-electron chi connectivity index (χ0n) is 13.1. The Bertz CT molecular complexity index is 856. The minimum Gasteiger partial charge on any atom is -0.477 e. The van der Waals surface area contributed by atoms with Crippen LogP contribution >= 0.6 is 0 Å². The Morgan fingerprint density at radius 2 is 2.22 bits per heavy atom. The van der Waals surface area contributed by atoms with E-state index in [0.29, 0.717) is 5.52 Å². The molecule has 0 saturated heterocycles. The molecule has 23 heavy (non-hydrogen) atoms. The number of aromatic carboxylic acids is 1. The van der Waals surface area contributed by atoms with Gasteiger partial charge in [-0.3, -0.25) is 4.98 Å². The van der Waals surface area contributed by atoms with Crippen LogP contribution < -0.4 is 5.32 Å². The highest BCUT2D eigenvalue weighted by Gasteiger charge is 2.14. The Hall–Kier alpha value is -2.67. The van der Waals surface area contributed by atoms with Crippen molar-refractivity contribution < 1.29 is 9.90 Å². The molecular weight excluding hydrogens is 294 g/mol. The van der Waals surface area contributed by atoms with Crippen LogP contribution in [-0.4, -0.2) is 58.1 Å². The van der Waals surface area contributed by atoms with Crippen LogP contribution in [0, 0.1) is 0 Å². The third kappa shape index (κ3) is 3.09. The van der Waals surface area contributed by atoms with Crippen LogP contribution in [0.4, 0.5) is 5.82 Å². The normalized spacial score (nSPS) is 11.4. The molecule has 3 rings (SSSR count). The highest BCUT2D eigenvalue weighted by molar-refractivity contribution is 6.09. The zero-order valence-corrected chi connectivity index (χ0v) is 13.1. The first-order valence-corrected chi connectivity index (χ1v) is 7.44. The highest BCUT2D eigenvalue weighted by Crippen LogP contribution is 2.28. The number of aromatic nitrogens is 3. The molecule has 120 valence electrons. The summed E-state index contributed by atoms with van der Waals surface area (Å²) < 4.78 is 0. The molecule has 3 heterocycles. The fourth-order valence-corrected chi connectivity index (χ4v) is 2.57. The van der Waals surface area contributed by atoms with Crippen LogP contribution in [0.3, 0.4) is 0 Å². The molecule has 0 spiro atoms. The minimum atomic E-state index is -0.995. The fraction of sp³-hybridized carbons (Fsp3) is 0.312. The third-order valence-corrected chi connectivity index (χ3v) is 3.68. The second-order valence-electron chi connectivity index (χ2n) is 5.71. The molecular formula is C16H19N5O2. The number of anilines is 1. The molecule has 7 heteroatoms. The SMILES string of the molecule is CN(C)CCCNc1nc2cc(C(=O)O)[nH]c2c2ccncc12. The van der Waals surface area contributed by atoms with Crippen LogP contribution in [0.2, 0.25) is 0 Å². The lowest BCUT2D eigenvalue weighted by molar-refractivity contribution is 0.0691. The number of aromatic amines is 1. The number of carboxylic acid groups (broad SMARTS) is 1. The summed E-state index contributed by atoms with van der Waals surface area (Å²) in [7, 11) is 4.08. The van der Waals surface area contributed by atoms with E-state index in [2.05, 4.69) is 25.2 Å². The molecule has 0 amide bonds. The van der Waals surface area contributed by atoms with Gasteiger partial charge in [-0.15, -0.1) is 0 Å². The maximum atomic E-state index is 11.2. The van der Waals surface area contributed by atoms with E-state index in [1.165, 1.54) is 0 Å². The summed E-state index contributed by atoms with van der Waals surface area (Å²) in [4.78, 5) is 25.0. The van der Waals surface area contributed by atoms with Crippen LogP contribution in [0.25, 0.3) is 21.8 Å². The van der Waals surface area contributed by atoms with Gasteiger partial charge in [0.05, 0.1) is 11.0 Å². The minimum absolute atomic E-state index is 0.135. The predicted molar refractivity (Wildman–Crippen MR) is 90.0 cm³/mol. The first kappa shape index (κ1) is 15.2. The van der Waals surface area contributed by atoms with Crippen molar-refractivity contribution in [2.75, 3.05) is 32.5 Å². The van der Waals surface area contributed by atoms with Gasteiger partial charge in [0.15, 0.2) is 0 Å². The monoisotopic (exact) mass is 313 g/mol. The van der Waals surface area contributed by atoms with Crippen molar-refractivity contribution in [2.45, 2.75) is 6.42 Å². The van der Waals surface area contributed by atoms with Gasteiger partial charge in [-0.1, -0.05) is 0 Å². The molecule has 0 saturated carbocycles. The lowest BCUT2D eigenvalue weighted by Crippen LogP contribution is -2.16. The summed E-state index contributed by atoms with van der Waals surface area (Å²) in [6, 6.07) is 3.43. The van der Waals surface area contributed by atoms with Gasteiger partial charge in [-0.05, 0) is 39.2 Å². The molecule has 7 nitrogen and oxygen atoms in total. The average molecular weight is 313 g/mol. The molecule has 0 aromatic carbocycles. The van der Waals surface area contributed by atoms with Crippen LogP contribution in [0.1, 0.15) is 16.9 Å². The van der Waals surface area contributed by atoms with Crippen molar-refractivity contribution in [2.24, 2.45) is 0 Å². The molecule has 0 bridgehead atoms. The van der Waals surface area contributed by atoms with Gasteiger partial charge in [0.25, 0.3) is 0 Å². The van der Waals surface area contributed by atoms with Crippen molar-refractivity contribution in [3.63, 3.8) is 0 Å². The molecule has 0 fully saturated rings. The quantitative estimate of drug-likeness (QED) is 0.604. The molecule has 3 N–H and O–H groups in total. The molecule has 0 aliphatic heterocycles. The summed E-state index contributed by atoms with van der Waals surface area (Å²) >= 11 is 0. The summed E-state index contributed by atoms with van der Waals surface area (Å²) in [5, 5.41) is 14.3. The lowest BCUT2D eigenvalue weighted by atomic mass is 10.2. The number of nitrogens with one attached hydrogen (secondary N) is 2. The second kappa shape index (κ2) is 6.21. The van der Waals surface area contributed by atoms with Crippen LogP contribution in [0.15, 0.2) is 24.5 Å². The van der Waals surface area contributed by atoms with Gasteiger partial charge in [0.1, 0.15) is 11.5 Å². The number of pyridine rings is 2. The summed E-state index contributed by atoms with van der Waals surface area (Å²) in [6.07, 6.45) is 4.43. The third-order valence-electron chi connectivity index (χ3n) is 3.68. The highest BCUT2D eigenvalue weighted by atomic mass is 16.4. The predicted octanol–water partition coefficient (Wildman–Crippen LogP) is 2.17. The van der Waals surface area contributed by atoms with Crippen molar-refractivity contribution in [1.82, 2.24) is 19.9 Å². The number of hydrogen-bond donors (Lipinski definition) is 3. The molecule has 0 unspecified atom stereocenters. The maximum absolute atomic E-state index is 11.2. The number of rotatable bonds is 6. The number of hydrogen-bond acceptors (Lipinski definition) is 5. The Kier molecular flexibility index (Phi) is 4.12. The number of carboxylic acids is 1. The van der Waals surface area contributed by atoms with Gasteiger partial charge in [0, 0.05) is 29.7 Å². The Labute approximate surface area is 133 Å². The van der Waals surface area contributed by atoms with Crippen molar-refractivity contribution in [3.8, 4) is 0 Å². The van der Waals surface area contributed by atoms with Gasteiger partial charge < -0.3 is 20.3 Å². The smallest absolute Gasteiger partial charge is 0.352 e. The van der Waals surface area contributed by atoms with E-state index in [1.54, 1.807) is 18.5 Å². The summed E-state index contributed by atoms with van der Waals surface area (Å²) in [5.41, 5.74) is 1.49. The summed E-state index contributed by atoms with van der Waals surface area (Å²) in [5.74, 6) is -0.263. The molecule has 0 aliphatic carbocycles. The molecule has 0 aliphatic rings. The Morgan fingerprint density at radius 3 is 2.96 bits per heavy atom. The molecule has 3 aromatic rings. The fourth-order valence-electron chi connectivity index (χ4n) is 2.57. The average Bonchev–Trinajstić information content (AvgIpc) is 2.96. The standard InChI is InChI=1S/C16H19N5O2/c1-21(2)7-3-5-18-15-11-9-17-6-4-10(11)14-12(20-15)8-13(19-14)16(22)23/h4,6,8-9,19H,3,5,7H2,1-2H3,(H,18,20)(H,22,23). The Morgan fingerprint density at radius 1 is 1.39 bits per heavy atom. The van der Waals surface area contributed by atoms with Gasteiger partial charge in [-0.25, -0.2) is 9.78 Å². The number of H-pyrrole nitrogens is 1. The number of fused-ring (bicyclic) bond motifs is 3. The van der Waals surface area contributed by atoms with Gasteiger partial charge in [0.2, 0.25) is 0 Å². The maximum Gasteiger partial charge on any atom is 0.352 e. The van der Waals surface area contributed by atoms with E-state index in [4.69, 9.17) is 5.11 Å². The first-order chi connectivity index (χ1) is 11.1. The van der Waals surface area contributed by atoms with Crippen molar-refractivity contribution in [3.05, 3.63) is 30.2 Å².